The monoisotopic (exact) mass is 530 g/mol. The van der Waals surface area contributed by atoms with Crippen LogP contribution in [0, 0.1) is 6.92 Å². The van der Waals surface area contributed by atoms with Crippen molar-refractivity contribution in [1.82, 2.24) is 0 Å². The molecule has 0 radical (unpaired) electrons. The molecule has 0 aliphatic carbocycles. The molecule has 40 heavy (non-hydrogen) atoms. The van der Waals surface area contributed by atoms with E-state index in [0.717, 1.165) is 10.9 Å². The predicted molar refractivity (Wildman–Crippen MR) is 158 cm³/mol. The van der Waals surface area contributed by atoms with Crippen LogP contribution >= 0.6 is 0 Å². The summed E-state index contributed by atoms with van der Waals surface area (Å²) in [6.45, 7) is 1.83. The molecule has 0 saturated heterocycles. The van der Waals surface area contributed by atoms with Crippen LogP contribution in [0.3, 0.4) is 0 Å². The van der Waals surface area contributed by atoms with Gasteiger partial charge in [0, 0.05) is 17.0 Å². The van der Waals surface area contributed by atoms with Crippen molar-refractivity contribution in [3.05, 3.63) is 120 Å². The number of aliphatic hydroxyl groups excluding tert-OH is 2. The van der Waals surface area contributed by atoms with Gasteiger partial charge < -0.3 is 20.1 Å². The fourth-order valence-corrected chi connectivity index (χ4v) is 4.17. The number of aliphatic hydroxyl groups is 2. The smallest absolute Gasteiger partial charge is 0.222 e. The second-order valence-corrected chi connectivity index (χ2v) is 8.93. The van der Waals surface area contributed by atoms with Crippen molar-refractivity contribution in [2.75, 3.05) is 7.11 Å². The highest BCUT2D eigenvalue weighted by Gasteiger charge is 2.17. The molecule has 0 unspecified atom stereocenters. The van der Waals surface area contributed by atoms with Crippen molar-refractivity contribution in [2.45, 2.75) is 6.92 Å². The number of aryl methyl sites for hydroxylation is 1. The van der Waals surface area contributed by atoms with E-state index in [4.69, 9.17) is 4.74 Å². The first kappa shape index (κ1) is 26.1. The zero-order chi connectivity index (χ0) is 28.1. The Morgan fingerprint density at radius 1 is 0.700 bits per heavy atom. The number of para-hydroxylation sites is 1. The van der Waals surface area contributed by atoms with Crippen molar-refractivity contribution in [2.24, 2.45) is 20.2 Å². The number of rotatable bonds is 7. The molecule has 8 heteroatoms. The summed E-state index contributed by atoms with van der Waals surface area (Å²) >= 11 is 0. The maximum absolute atomic E-state index is 11.2. The number of methoxy groups -OCH3 is 1. The molecule has 0 spiro atoms. The van der Waals surface area contributed by atoms with Crippen molar-refractivity contribution in [3.8, 4) is 11.5 Å². The van der Waals surface area contributed by atoms with Crippen LogP contribution in [0.2, 0.25) is 0 Å². The van der Waals surface area contributed by atoms with Gasteiger partial charge in [0.2, 0.25) is 11.8 Å². The first-order valence-corrected chi connectivity index (χ1v) is 12.5. The third-order valence-corrected chi connectivity index (χ3v) is 6.24. The molecular formula is C32H26N4O4. The normalized spacial score (nSPS) is 12.2. The minimum absolute atomic E-state index is 0.120. The summed E-state index contributed by atoms with van der Waals surface area (Å²) < 4.78 is 5.54. The Hall–Kier alpha value is -5.50. The summed E-state index contributed by atoms with van der Waals surface area (Å²) in [5, 5.41) is 42.6. The summed E-state index contributed by atoms with van der Waals surface area (Å²) in [6.07, 6.45) is 0. The van der Waals surface area contributed by atoms with E-state index in [1.165, 1.54) is 7.11 Å². The second-order valence-electron chi connectivity index (χ2n) is 8.93. The Morgan fingerprint density at radius 3 is 2.10 bits per heavy atom. The predicted octanol–water partition coefficient (Wildman–Crippen LogP) is 8.55. The van der Waals surface area contributed by atoms with Crippen LogP contribution in [-0.2, 0) is 0 Å². The number of fused-ring (bicyclic) bond motifs is 1. The fraction of sp³-hybridized carbons (Fsp3) is 0.0625. The van der Waals surface area contributed by atoms with Crippen molar-refractivity contribution < 1.29 is 20.1 Å². The van der Waals surface area contributed by atoms with Crippen LogP contribution in [0.15, 0.2) is 123 Å². The zero-order valence-electron chi connectivity index (χ0n) is 21.9. The number of aliphatic imine (C=N–C) groups is 2. The third-order valence-electron chi connectivity index (χ3n) is 6.24. The number of hydrogen-bond donors (Lipinski definition) is 3. The van der Waals surface area contributed by atoms with E-state index in [1.54, 1.807) is 54.6 Å². The number of phenols is 1. The van der Waals surface area contributed by atoms with Gasteiger partial charge in [0.15, 0.2) is 5.75 Å². The standard InChI is InChI=1S/C32H26N4O4/c1-20-17-27(28(40-2)19-26(20)34-31(38)21-11-5-3-6-12-21)35-36-29-24-16-10-9-13-22(24)18-25(30(29)37)32(39)33-23-14-7-4-8-15-23/h3-19,37H,1-2H3,(H,33,39)(H,34,38). The van der Waals surface area contributed by atoms with E-state index >= 15 is 0 Å². The lowest BCUT2D eigenvalue weighted by atomic mass is 10.0. The number of ether oxygens (including phenoxy) is 1. The molecule has 198 valence electrons. The quantitative estimate of drug-likeness (QED) is 0.111. The highest BCUT2D eigenvalue weighted by molar-refractivity contribution is 6.06. The first-order chi connectivity index (χ1) is 19.4. The Balaban J connectivity index is 1.56. The van der Waals surface area contributed by atoms with Gasteiger partial charge in [0.05, 0.1) is 24.0 Å². The van der Waals surface area contributed by atoms with Gasteiger partial charge in [0.25, 0.3) is 0 Å². The molecular weight excluding hydrogens is 504 g/mol. The van der Waals surface area contributed by atoms with Crippen molar-refractivity contribution >= 4 is 45.3 Å². The average Bonchev–Trinajstić information content (AvgIpc) is 2.98. The Labute approximate surface area is 230 Å². The number of nitrogens with zero attached hydrogens (tertiary/aromatic N) is 4. The van der Waals surface area contributed by atoms with Gasteiger partial charge in [-0.25, -0.2) is 9.98 Å². The summed E-state index contributed by atoms with van der Waals surface area (Å²) in [5.74, 6) is -0.350. The fourth-order valence-electron chi connectivity index (χ4n) is 4.17. The van der Waals surface area contributed by atoms with Crippen molar-refractivity contribution in [1.29, 1.82) is 0 Å². The minimum Gasteiger partial charge on any atom is -0.505 e. The van der Waals surface area contributed by atoms with Crippen LogP contribution in [0.5, 0.6) is 11.5 Å². The third kappa shape index (κ3) is 5.51. The molecule has 0 saturated carbocycles. The number of azo groups is 1. The highest BCUT2D eigenvalue weighted by Crippen LogP contribution is 2.41. The van der Waals surface area contributed by atoms with E-state index in [9.17, 15) is 15.3 Å². The van der Waals surface area contributed by atoms with Gasteiger partial charge in [-0.2, -0.15) is 0 Å². The lowest BCUT2D eigenvalue weighted by Crippen LogP contribution is -1.99. The number of hydrogen-bond acceptors (Lipinski definition) is 6. The maximum atomic E-state index is 11.2. The lowest BCUT2D eigenvalue weighted by molar-refractivity contribution is 0.416. The Bertz CT molecular complexity index is 1770. The van der Waals surface area contributed by atoms with Gasteiger partial charge in [-0.05, 0) is 54.3 Å². The van der Waals surface area contributed by atoms with Gasteiger partial charge in [-0.1, -0.05) is 60.7 Å². The van der Waals surface area contributed by atoms with E-state index in [0.29, 0.717) is 33.8 Å². The number of phenolic OH excluding ortho intramolecular Hbond substituents is 1. The van der Waals surface area contributed by atoms with Crippen LogP contribution in [0.1, 0.15) is 16.7 Å². The Morgan fingerprint density at radius 2 is 1.38 bits per heavy atom. The van der Waals surface area contributed by atoms with Crippen molar-refractivity contribution in [3.63, 3.8) is 0 Å². The molecule has 0 atom stereocenters. The number of aromatic hydroxyl groups is 1. The second kappa shape index (κ2) is 11.5. The molecule has 0 aromatic heterocycles. The first-order valence-electron chi connectivity index (χ1n) is 12.5. The van der Waals surface area contributed by atoms with E-state index < -0.39 is 0 Å². The zero-order valence-corrected chi connectivity index (χ0v) is 21.9. The van der Waals surface area contributed by atoms with Crippen LogP contribution in [-0.4, -0.2) is 34.2 Å². The molecule has 0 heterocycles. The highest BCUT2D eigenvalue weighted by atomic mass is 16.5. The molecule has 5 aromatic carbocycles. The molecule has 3 N–H and O–H groups in total. The number of benzene rings is 5. The van der Waals surface area contributed by atoms with Gasteiger partial charge in [-0.3, -0.25) is 0 Å². The van der Waals surface area contributed by atoms with Gasteiger partial charge in [0.1, 0.15) is 17.1 Å². The molecule has 5 rings (SSSR count). The van der Waals surface area contributed by atoms with E-state index in [-0.39, 0.29) is 28.8 Å². The molecule has 0 amide bonds. The van der Waals surface area contributed by atoms with E-state index in [2.05, 4.69) is 20.2 Å². The molecule has 8 nitrogen and oxygen atoms in total. The van der Waals surface area contributed by atoms with Gasteiger partial charge >= 0.3 is 0 Å². The van der Waals surface area contributed by atoms with Crippen LogP contribution in [0.25, 0.3) is 10.8 Å². The summed E-state index contributed by atoms with van der Waals surface area (Å²) in [7, 11) is 1.50. The summed E-state index contributed by atoms with van der Waals surface area (Å²) in [5.41, 5.74) is 3.06. The van der Waals surface area contributed by atoms with Gasteiger partial charge in [-0.15, -0.1) is 10.2 Å². The molecule has 0 aliphatic rings. The lowest BCUT2D eigenvalue weighted by Gasteiger charge is -2.11. The maximum Gasteiger partial charge on any atom is 0.222 e. The largest absolute Gasteiger partial charge is 0.505 e. The summed E-state index contributed by atoms with van der Waals surface area (Å²) in [6, 6.07) is 30.4. The molecule has 0 fully saturated rings. The van der Waals surface area contributed by atoms with Crippen LogP contribution < -0.4 is 4.74 Å². The average molecular weight is 531 g/mol. The topological polar surface area (TPSA) is 119 Å². The molecule has 0 bridgehead atoms. The Kier molecular flexibility index (Phi) is 7.50. The van der Waals surface area contributed by atoms with E-state index in [1.807, 2.05) is 55.5 Å². The summed E-state index contributed by atoms with van der Waals surface area (Å²) in [4.78, 5) is 8.59. The SMILES string of the molecule is COc1cc(N=C(O)c2ccccc2)c(C)cc1N=Nc1c(O)c(C(O)=Nc2ccccc2)cc2ccccc12. The molecule has 5 aromatic rings. The van der Waals surface area contributed by atoms with Crippen LogP contribution in [0.4, 0.5) is 22.7 Å². The minimum atomic E-state index is -0.347. The molecule has 0 aliphatic heterocycles.